The normalized spacial score (nSPS) is 16.4. The molecule has 0 bridgehead atoms. The molecule has 1 heterocycles. The highest BCUT2D eigenvalue weighted by Crippen LogP contribution is 2.21. The molecular formula is C23H27N3O5. The summed E-state index contributed by atoms with van der Waals surface area (Å²) in [6.07, 6.45) is 0.787. The van der Waals surface area contributed by atoms with Crippen molar-refractivity contribution in [1.29, 1.82) is 0 Å². The van der Waals surface area contributed by atoms with Crippen molar-refractivity contribution in [2.24, 2.45) is 0 Å². The van der Waals surface area contributed by atoms with Crippen LogP contribution in [-0.4, -0.2) is 62.6 Å². The van der Waals surface area contributed by atoms with Crippen molar-refractivity contribution in [2.75, 3.05) is 45.2 Å². The molecule has 0 aromatic heterocycles. The lowest BCUT2D eigenvalue weighted by molar-refractivity contribution is -0.136. The van der Waals surface area contributed by atoms with E-state index in [1.165, 1.54) is 19.2 Å². The number of benzene rings is 2. The van der Waals surface area contributed by atoms with Gasteiger partial charge in [-0.05, 0) is 36.2 Å². The first-order valence-corrected chi connectivity index (χ1v) is 10.2. The van der Waals surface area contributed by atoms with Crippen molar-refractivity contribution in [3.63, 3.8) is 0 Å². The van der Waals surface area contributed by atoms with Crippen LogP contribution in [0.15, 0.2) is 54.6 Å². The number of carbonyl (C=O) groups is 3. The first kappa shape index (κ1) is 22.5. The number of esters is 1. The molecule has 1 fully saturated rings. The molecule has 1 unspecified atom stereocenters. The maximum absolute atomic E-state index is 12.0. The van der Waals surface area contributed by atoms with Gasteiger partial charge < -0.3 is 20.1 Å². The fourth-order valence-corrected chi connectivity index (χ4v) is 3.36. The number of nitrogens with one attached hydrogen (secondary N) is 2. The van der Waals surface area contributed by atoms with Crippen molar-refractivity contribution < 1.29 is 23.9 Å². The Bertz CT molecular complexity index is 886. The molecule has 8 heteroatoms. The van der Waals surface area contributed by atoms with E-state index in [-0.39, 0.29) is 6.10 Å². The minimum absolute atomic E-state index is 0.0564. The molecule has 2 amide bonds. The van der Waals surface area contributed by atoms with Gasteiger partial charge in [-0.25, -0.2) is 4.79 Å². The van der Waals surface area contributed by atoms with Crippen molar-refractivity contribution >= 4 is 23.5 Å². The summed E-state index contributed by atoms with van der Waals surface area (Å²) in [5.74, 6) is -1.91. The first-order valence-electron chi connectivity index (χ1n) is 10.2. The van der Waals surface area contributed by atoms with E-state index in [9.17, 15) is 14.4 Å². The lowest BCUT2D eigenvalue weighted by atomic mass is 10.1. The minimum Gasteiger partial charge on any atom is -0.465 e. The molecule has 164 valence electrons. The molecule has 1 atom stereocenters. The molecule has 1 saturated heterocycles. The van der Waals surface area contributed by atoms with Gasteiger partial charge in [-0.2, -0.15) is 0 Å². The van der Waals surface area contributed by atoms with Gasteiger partial charge >= 0.3 is 17.8 Å². The first-order chi connectivity index (χ1) is 15.1. The van der Waals surface area contributed by atoms with Gasteiger partial charge in [0.05, 0.1) is 25.4 Å². The maximum Gasteiger partial charge on any atom is 0.337 e. The molecule has 0 spiro atoms. The third-order valence-corrected chi connectivity index (χ3v) is 5.03. The Morgan fingerprint density at radius 2 is 1.81 bits per heavy atom. The average Bonchev–Trinajstić information content (AvgIpc) is 2.82. The molecule has 2 aromatic rings. The lowest BCUT2D eigenvalue weighted by Gasteiger charge is -2.33. The van der Waals surface area contributed by atoms with Gasteiger partial charge in [-0.1, -0.05) is 30.3 Å². The van der Waals surface area contributed by atoms with Gasteiger partial charge in [0.2, 0.25) is 0 Å². The summed E-state index contributed by atoms with van der Waals surface area (Å²) in [5.41, 5.74) is 1.95. The van der Waals surface area contributed by atoms with Crippen LogP contribution in [0.5, 0.6) is 0 Å². The quantitative estimate of drug-likeness (QED) is 0.400. The molecule has 3 rings (SSSR count). The van der Waals surface area contributed by atoms with E-state index in [1.54, 1.807) is 12.1 Å². The number of methoxy groups -OCH3 is 1. The van der Waals surface area contributed by atoms with Crippen molar-refractivity contribution in [2.45, 2.75) is 12.5 Å². The largest absolute Gasteiger partial charge is 0.465 e. The van der Waals surface area contributed by atoms with E-state index in [0.717, 1.165) is 31.6 Å². The lowest BCUT2D eigenvalue weighted by Crippen LogP contribution is -2.41. The van der Waals surface area contributed by atoms with E-state index >= 15 is 0 Å². The van der Waals surface area contributed by atoms with Crippen LogP contribution in [-0.2, 0) is 19.1 Å². The van der Waals surface area contributed by atoms with Gasteiger partial charge in [-0.15, -0.1) is 0 Å². The highest BCUT2D eigenvalue weighted by molar-refractivity contribution is 6.39. The minimum atomic E-state index is -0.749. The molecule has 0 aliphatic carbocycles. The summed E-state index contributed by atoms with van der Waals surface area (Å²) in [4.78, 5) is 37.8. The van der Waals surface area contributed by atoms with Gasteiger partial charge in [0.25, 0.3) is 0 Å². The fourth-order valence-electron chi connectivity index (χ4n) is 3.36. The van der Waals surface area contributed by atoms with Crippen molar-refractivity contribution in [3.05, 3.63) is 65.7 Å². The summed E-state index contributed by atoms with van der Waals surface area (Å²) in [5, 5.41) is 5.15. The van der Waals surface area contributed by atoms with Crippen LogP contribution in [0.3, 0.4) is 0 Å². The Kier molecular flexibility index (Phi) is 8.14. The van der Waals surface area contributed by atoms with E-state index in [2.05, 4.69) is 32.4 Å². The fraction of sp³-hybridized carbons (Fsp3) is 0.348. The molecule has 1 aliphatic heterocycles. The number of ether oxygens (including phenoxy) is 2. The third kappa shape index (κ3) is 6.63. The molecule has 0 saturated carbocycles. The van der Waals surface area contributed by atoms with E-state index < -0.39 is 17.8 Å². The topological polar surface area (TPSA) is 97.0 Å². The van der Waals surface area contributed by atoms with Crippen LogP contribution in [0.1, 0.15) is 28.4 Å². The Morgan fingerprint density at radius 3 is 2.52 bits per heavy atom. The number of amides is 2. The van der Waals surface area contributed by atoms with Crippen molar-refractivity contribution in [3.8, 4) is 0 Å². The molecule has 8 nitrogen and oxygen atoms in total. The predicted molar refractivity (Wildman–Crippen MR) is 116 cm³/mol. The van der Waals surface area contributed by atoms with Gasteiger partial charge in [0.15, 0.2) is 0 Å². The number of carbonyl (C=O) groups excluding carboxylic acids is 3. The summed E-state index contributed by atoms with van der Waals surface area (Å²) in [6, 6.07) is 16.2. The van der Waals surface area contributed by atoms with Gasteiger partial charge in [-0.3, -0.25) is 14.5 Å². The van der Waals surface area contributed by atoms with Crippen LogP contribution < -0.4 is 10.6 Å². The monoisotopic (exact) mass is 425 g/mol. The molecule has 0 radical (unpaired) electrons. The van der Waals surface area contributed by atoms with E-state index in [1.807, 2.05) is 18.2 Å². The molecule has 2 N–H and O–H groups in total. The SMILES string of the molecule is COC(=O)c1ccc(NC(=O)C(=O)NCCCN2CCOC(c3ccccc3)C2)cc1. The van der Waals surface area contributed by atoms with Crippen LogP contribution in [0.4, 0.5) is 5.69 Å². The van der Waals surface area contributed by atoms with Crippen LogP contribution in [0, 0.1) is 0 Å². The Morgan fingerprint density at radius 1 is 1.06 bits per heavy atom. The molecule has 1 aliphatic rings. The molecule has 31 heavy (non-hydrogen) atoms. The third-order valence-electron chi connectivity index (χ3n) is 5.03. The second kappa shape index (κ2) is 11.2. The number of rotatable bonds is 7. The number of hydrogen-bond donors (Lipinski definition) is 2. The maximum atomic E-state index is 12.0. The van der Waals surface area contributed by atoms with Crippen LogP contribution in [0.2, 0.25) is 0 Å². The number of morpholine rings is 1. The summed E-state index contributed by atoms with van der Waals surface area (Å²) >= 11 is 0. The smallest absolute Gasteiger partial charge is 0.337 e. The molecular weight excluding hydrogens is 398 g/mol. The zero-order chi connectivity index (χ0) is 22.1. The average molecular weight is 425 g/mol. The van der Waals surface area contributed by atoms with Crippen molar-refractivity contribution in [1.82, 2.24) is 10.2 Å². The number of nitrogens with zero attached hydrogens (tertiary/aromatic N) is 1. The Hall–Kier alpha value is -3.23. The summed E-state index contributed by atoms with van der Waals surface area (Å²) < 4.78 is 10.5. The highest BCUT2D eigenvalue weighted by Gasteiger charge is 2.21. The van der Waals surface area contributed by atoms with Gasteiger partial charge in [0, 0.05) is 31.9 Å². The highest BCUT2D eigenvalue weighted by atomic mass is 16.5. The number of hydrogen-bond acceptors (Lipinski definition) is 6. The van der Waals surface area contributed by atoms with Crippen LogP contribution in [0.25, 0.3) is 0 Å². The summed E-state index contributed by atoms with van der Waals surface area (Å²) in [6.45, 7) is 3.53. The van der Waals surface area contributed by atoms with Crippen LogP contribution >= 0.6 is 0 Å². The van der Waals surface area contributed by atoms with E-state index in [0.29, 0.717) is 24.4 Å². The second-order valence-electron chi connectivity index (χ2n) is 7.20. The zero-order valence-electron chi connectivity index (χ0n) is 17.5. The Labute approximate surface area is 181 Å². The van der Waals surface area contributed by atoms with Gasteiger partial charge in [0.1, 0.15) is 0 Å². The standard InChI is InChI=1S/C23H27N3O5/c1-30-23(29)18-8-10-19(11-9-18)25-22(28)21(27)24-12-5-13-26-14-15-31-20(16-26)17-6-3-2-4-7-17/h2-4,6-11,20H,5,12-16H2,1H3,(H,24,27)(H,25,28). The van der Waals surface area contributed by atoms with E-state index in [4.69, 9.17) is 4.74 Å². The predicted octanol–water partition coefficient (Wildman–Crippen LogP) is 1.99. The molecule has 2 aromatic carbocycles. The number of anilines is 1. The second-order valence-corrected chi connectivity index (χ2v) is 7.20. The zero-order valence-corrected chi connectivity index (χ0v) is 17.5. The Balaban J connectivity index is 1.37. The summed E-state index contributed by atoms with van der Waals surface area (Å²) in [7, 11) is 1.29.